The molecule has 1 unspecified atom stereocenters. The summed E-state index contributed by atoms with van der Waals surface area (Å²) >= 11 is 0. The lowest BCUT2D eigenvalue weighted by atomic mass is 10.3. The number of alkyl halides is 3. The summed E-state index contributed by atoms with van der Waals surface area (Å²) < 4.78 is 37.4. The van der Waals surface area contributed by atoms with Gasteiger partial charge in [-0.25, -0.2) is 9.97 Å². The van der Waals surface area contributed by atoms with Crippen LogP contribution in [0, 0.1) is 0 Å². The number of nitrogens with one attached hydrogen (secondary N) is 2. The molecule has 102 valence electrons. The van der Waals surface area contributed by atoms with Gasteiger partial charge in [0.05, 0.1) is 12.7 Å². The van der Waals surface area contributed by atoms with Crippen LogP contribution in [0.2, 0.25) is 0 Å². The third-order valence-corrected chi connectivity index (χ3v) is 1.97. The van der Waals surface area contributed by atoms with E-state index >= 15 is 0 Å². The molecule has 6 nitrogen and oxygen atoms in total. The van der Waals surface area contributed by atoms with Crippen molar-refractivity contribution in [3.63, 3.8) is 0 Å². The highest BCUT2D eigenvalue weighted by Crippen LogP contribution is 2.28. The van der Waals surface area contributed by atoms with E-state index in [0.717, 1.165) is 0 Å². The minimum Gasteiger partial charge on any atom is -0.394 e. The van der Waals surface area contributed by atoms with Gasteiger partial charge in [-0.3, -0.25) is 0 Å². The highest BCUT2D eigenvalue weighted by Gasteiger charge is 2.35. The zero-order chi connectivity index (χ0) is 13.8. The number of aliphatic hydroxyl groups excluding tert-OH is 2. The minimum atomic E-state index is -4.65. The highest BCUT2D eigenvalue weighted by molar-refractivity contribution is 5.47. The normalized spacial score (nSPS) is 13.2. The average Bonchev–Trinajstić information content (AvgIpc) is 2.34. The van der Waals surface area contributed by atoms with Gasteiger partial charge in [0.15, 0.2) is 0 Å². The summed E-state index contributed by atoms with van der Waals surface area (Å²) in [5, 5.41) is 22.6. The van der Waals surface area contributed by atoms with E-state index in [2.05, 4.69) is 20.6 Å². The van der Waals surface area contributed by atoms with E-state index in [0.29, 0.717) is 0 Å². The van der Waals surface area contributed by atoms with E-state index < -0.39 is 24.7 Å². The maximum atomic E-state index is 12.5. The molecular formula is C9H13F3N4O2. The van der Waals surface area contributed by atoms with E-state index in [1.165, 1.54) is 13.1 Å². The first kappa shape index (κ1) is 14.5. The third kappa shape index (κ3) is 4.00. The molecule has 0 aromatic carbocycles. The molecule has 4 N–H and O–H groups in total. The van der Waals surface area contributed by atoms with Crippen LogP contribution in [0.15, 0.2) is 6.07 Å². The van der Waals surface area contributed by atoms with Crippen molar-refractivity contribution in [2.75, 3.05) is 30.8 Å². The summed E-state index contributed by atoms with van der Waals surface area (Å²) in [6.07, 6.45) is -5.73. The maximum Gasteiger partial charge on any atom is 0.451 e. The second kappa shape index (κ2) is 5.83. The van der Waals surface area contributed by atoms with E-state index in [1.54, 1.807) is 0 Å². The number of halogens is 3. The van der Waals surface area contributed by atoms with Gasteiger partial charge in [-0.1, -0.05) is 0 Å². The summed E-state index contributed by atoms with van der Waals surface area (Å²) in [7, 11) is 1.43. The second-order valence-electron chi connectivity index (χ2n) is 3.43. The Morgan fingerprint density at radius 1 is 1.33 bits per heavy atom. The highest BCUT2D eigenvalue weighted by atomic mass is 19.4. The van der Waals surface area contributed by atoms with Crippen molar-refractivity contribution in [3.05, 3.63) is 11.9 Å². The van der Waals surface area contributed by atoms with E-state index in [1.807, 2.05) is 0 Å². The molecule has 1 heterocycles. The topological polar surface area (TPSA) is 90.3 Å². The zero-order valence-corrected chi connectivity index (χ0v) is 9.49. The van der Waals surface area contributed by atoms with Crippen LogP contribution in [-0.2, 0) is 6.18 Å². The Kier molecular flexibility index (Phi) is 4.68. The molecule has 0 spiro atoms. The number of nitrogens with zero attached hydrogens (tertiary/aromatic N) is 2. The molecule has 0 saturated carbocycles. The van der Waals surface area contributed by atoms with Gasteiger partial charge in [-0.15, -0.1) is 0 Å². The van der Waals surface area contributed by atoms with Gasteiger partial charge in [0.2, 0.25) is 5.82 Å². The molecule has 18 heavy (non-hydrogen) atoms. The molecule has 0 aliphatic carbocycles. The zero-order valence-electron chi connectivity index (χ0n) is 9.49. The van der Waals surface area contributed by atoms with Gasteiger partial charge >= 0.3 is 6.18 Å². The Balaban J connectivity index is 2.91. The molecule has 1 aromatic rings. The van der Waals surface area contributed by atoms with Crippen molar-refractivity contribution in [2.45, 2.75) is 12.3 Å². The van der Waals surface area contributed by atoms with Crippen molar-refractivity contribution in [3.8, 4) is 0 Å². The predicted octanol–water partition coefficient (Wildman–Crippen LogP) is 0.302. The molecule has 1 rings (SSSR count). The fraction of sp³-hybridized carbons (Fsp3) is 0.556. The fourth-order valence-electron chi connectivity index (χ4n) is 1.08. The van der Waals surface area contributed by atoms with Crippen LogP contribution in [0.4, 0.5) is 24.8 Å². The molecule has 0 bridgehead atoms. The first-order chi connectivity index (χ1) is 8.36. The third-order valence-electron chi connectivity index (χ3n) is 1.97. The summed E-state index contributed by atoms with van der Waals surface area (Å²) in [6.45, 7) is -0.614. The quantitative estimate of drug-likeness (QED) is 0.613. The summed E-state index contributed by atoms with van der Waals surface area (Å²) in [5.74, 6) is -1.37. The largest absolute Gasteiger partial charge is 0.451 e. The monoisotopic (exact) mass is 266 g/mol. The lowest BCUT2D eigenvalue weighted by Crippen LogP contribution is -2.24. The summed E-state index contributed by atoms with van der Waals surface area (Å²) in [4.78, 5) is 6.55. The standard InChI is InChI=1S/C9H13F3N4O2/c1-13-6-2-7(14-3-5(18)4-17)16-8(15-6)9(10,11)12/h2,5,17-18H,3-4H2,1H3,(H2,13,14,15,16). The van der Waals surface area contributed by atoms with E-state index in [4.69, 9.17) is 10.2 Å². The number of aromatic nitrogens is 2. The number of anilines is 2. The number of hydrogen-bond donors (Lipinski definition) is 4. The van der Waals surface area contributed by atoms with E-state index in [9.17, 15) is 13.2 Å². The minimum absolute atomic E-state index is 0.00156. The van der Waals surface area contributed by atoms with Gasteiger partial charge in [-0.2, -0.15) is 13.2 Å². The van der Waals surface area contributed by atoms with Gasteiger partial charge < -0.3 is 20.8 Å². The molecule has 0 saturated heterocycles. The lowest BCUT2D eigenvalue weighted by Gasteiger charge is -2.13. The molecule has 0 aliphatic rings. The summed E-state index contributed by atoms with van der Waals surface area (Å²) in [5.41, 5.74) is 0. The van der Waals surface area contributed by atoms with Gasteiger partial charge in [-0.05, 0) is 0 Å². The SMILES string of the molecule is CNc1cc(NCC(O)CO)nc(C(F)(F)F)n1. The van der Waals surface area contributed by atoms with Crippen molar-refractivity contribution in [1.29, 1.82) is 0 Å². The van der Waals surface area contributed by atoms with Crippen LogP contribution in [0.25, 0.3) is 0 Å². The van der Waals surface area contributed by atoms with Crippen molar-refractivity contribution in [2.24, 2.45) is 0 Å². The number of aliphatic hydroxyl groups is 2. The van der Waals surface area contributed by atoms with Crippen LogP contribution < -0.4 is 10.6 Å². The van der Waals surface area contributed by atoms with E-state index in [-0.39, 0.29) is 18.2 Å². The van der Waals surface area contributed by atoms with Crippen LogP contribution in [0.3, 0.4) is 0 Å². The fourth-order valence-corrected chi connectivity index (χ4v) is 1.08. The molecular weight excluding hydrogens is 253 g/mol. The predicted molar refractivity (Wildman–Crippen MR) is 58.2 cm³/mol. The first-order valence-corrected chi connectivity index (χ1v) is 5.03. The van der Waals surface area contributed by atoms with Crippen molar-refractivity contribution in [1.82, 2.24) is 9.97 Å². The van der Waals surface area contributed by atoms with Gasteiger partial charge in [0.25, 0.3) is 0 Å². The number of rotatable bonds is 5. The van der Waals surface area contributed by atoms with Crippen LogP contribution in [0.1, 0.15) is 5.82 Å². The Labute approximate surface area is 101 Å². The molecule has 0 aliphatic heterocycles. The van der Waals surface area contributed by atoms with Crippen molar-refractivity contribution >= 4 is 11.6 Å². The Morgan fingerprint density at radius 3 is 2.44 bits per heavy atom. The molecule has 9 heteroatoms. The molecule has 0 fully saturated rings. The Hall–Kier alpha value is -1.61. The Bertz CT molecular complexity index is 400. The smallest absolute Gasteiger partial charge is 0.394 e. The summed E-state index contributed by atoms with van der Waals surface area (Å²) in [6, 6.07) is 1.26. The van der Waals surface area contributed by atoms with Crippen LogP contribution in [0.5, 0.6) is 0 Å². The molecule has 0 radical (unpaired) electrons. The molecule has 1 atom stereocenters. The number of hydrogen-bond acceptors (Lipinski definition) is 6. The molecule has 1 aromatic heterocycles. The van der Waals surface area contributed by atoms with Crippen LogP contribution in [-0.4, -0.2) is 46.5 Å². The maximum absolute atomic E-state index is 12.5. The van der Waals surface area contributed by atoms with Gasteiger partial charge in [0.1, 0.15) is 11.6 Å². The average molecular weight is 266 g/mol. The lowest BCUT2D eigenvalue weighted by molar-refractivity contribution is -0.144. The van der Waals surface area contributed by atoms with Gasteiger partial charge in [0, 0.05) is 19.7 Å². The van der Waals surface area contributed by atoms with Crippen LogP contribution >= 0.6 is 0 Å². The second-order valence-corrected chi connectivity index (χ2v) is 3.43. The Morgan fingerprint density at radius 2 is 1.94 bits per heavy atom. The molecule has 0 amide bonds. The van der Waals surface area contributed by atoms with Crippen molar-refractivity contribution < 1.29 is 23.4 Å². The first-order valence-electron chi connectivity index (χ1n) is 5.03.